The number of carboxylic acids is 4. The van der Waals surface area contributed by atoms with Crippen molar-refractivity contribution >= 4 is 35.7 Å². The molecule has 0 atom stereocenters. The summed E-state index contributed by atoms with van der Waals surface area (Å²) < 4.78 is 0. The van der Waals surface area contributed by atoms with Crippen LogP contribution in [0, 0.1) is 5.41 Å². The summed E-state index contributed by atoms with van der Waals surface area (Å²) in [5, 5.41) is 46.1. The summed E-state index contributed by atoms with van der Waals surface area (Å²) in [6.07, 6.45) is 9.38. The van der Waals surface area contributed by atoms with Crippen molar-refractivity contribution in [1.82, 2.24) is 22.9 Å². The Morgan fingerprint density at radius 1 is 0.564 bits per heavy atom. The first-order chi connectivity index (χ1) is 17.0. The number of amides is 2. The number of carbonyl (C=O) groups excluding carboxylic acids is 6. The molecule has 0 aromatic heterocycles. The van der Waals surface area contributed by atoms with E-state index in [0.29, 0.717) is 6.42 Å². The van der Waals surface area contributed by atoms with Crippen LogP contribution in [0.5, 0.6) is 0 Å². The average molecular weight is 740 g/mol. The van der Waals surface area contributed by atoms with Crippen molar-refractivity contribution in [1.29, 1.82) is 0 Å². The van der Waals surface area contributed by atoms with Gasteiger partial charge in [0.25, 0.3) is 0 Å². The molecule has 0 unspecified atom stereocenters. The summed E-state index contributed by atoms with van der Waals surface area (Å²) >= 11 is 0. The maximum absolute atomic E-state index is 11.1. The zero-order chi connectivity index (χ0) is 27.1. The van der Waals surface area contributed by atoms with E-state index >= 15 is 0 Å². The summed E-state index contributed by atoms with van der Waals surface area (Å²) in [4.78, 5) is 62.7. The van der Waals surface area contributed by atoms with Crippen LogP contribution < -0.4 is 43.4 Å². The van der Waals surface area contributed by atoms with Crippen molar-refractivity contribution in [2.45, 2.75) is 108 Å². The number of carbonyl (C=O) groups is 6. The first kappa shape index (κ1) is 40.9. The molecule has 2 amide bonds. The van der Waals surface area contributed by atoms with Crippen LogP contribution in [0.3, 0.4) is 0 Å². The average Bonchev–Trinajstić information content (AvgIpc) is 3.44. The van der Waals surface area contributed by atoms with Crippen LogP contribution >= 0.6 is 0 Å². The first-order valence-electron chi connectivity index (χ1n) is 12.4. The number of hydrogen-bond acceptors (Lipinski definition) is 12. The smallest absolute Gasteiger partial charge is 0.550 e. The predicted octanol–water partition coefficient (Wildman–Crippen LogP) is -2.87. The molecule has 8 N–H and O–H groups in total. The number of hydrogen-bond donors (Lipinski definition) is 4. The third kappa shape index (κ3) is 16.2. The maximum Gasteiger partial charge on any atom is 4.00 e. The minimum Gasteiger partial charge on any atom is -0.550 e. The van der Waals surface area contributed by atoms with Crippen molar-refractivity contribution in [3.63, 3.8) is 0 Å². The van der Waals surface area contributed by atoms with Crippen molar-refractivity contribution in [2.75, 3.05) is 0 Å². The molecule has 3 saturated carbocycles. The van der Waals surface area contributed by atoms with Crippen LogP contribution in [0.1, 0.15) is 96.3 Å². The Morgan fingerprint density at radius 3 is 1.05 bits per heavy atom. The molecule has 0 bridgehead atoms. The van der Waals surface area contributed by atoms with E-state index in [1.54, 1.807) is 0 Å². The van der Waals surface area contributed by atoms with Gasteiger partial charge in [0.15, 0.2) is 0 Å². The predicted molar refractivity (Wildman–Crippen MR) is 126 cm³/mol. The van der Waals surface area contributed by atoms with Crippen molar-refractivity contribution in [3.8, 4) is 0 Å². The molecule has 0 heterocycles. The number of aliphatic carboxylic acids is 4. The zero-order valence-corrected chi connectivity index (χ0v) is 24.3. The van der Waals surface area contributed by atoms with E-state index in [4.69, 9.17) is 0 Å². The summed E-state index contributed by atoms with van der Waals surface area (Å²) in [7, 11) is 0. The van der Waals surface area contributed by atoms with Crippen molar-refractivity contribution in [3.05, 3.63) is 0 Å². The Bertz CT molecular complexity index is 736. The normalized spacial score (nSPS) is 16.9. The van der Waals surface area contributed by atoms with Crippen LogP contribution in [0.2, 0.25) is 0 Å². The van der Waals surface area contributed by atoms with Crippen molar-refractivity contribution in [2.24, 2.45) is 5.41 Å². The van der Waals surface area contributed by atoms with Gasteiger partial charge in [-0.15, -0.1) is 0 Å². The molecule has 0 aromatic carbocycles. The standard InChI is InChI=1S/2C9H15NO3.C6H8O4.2H3N.Pt/c2*11-8(5-6-9(12)13)10-7-3-1-2-4-7;7-4(8)6(5(9)10)2-1-3-6;;;/h2*7H,1-6H2,(H,10,11)(H,12,13);1-3H2,(H,7,8)(H,9,10);2*1H3;/q;;;;;+4/p-4. The quantitative estimate of drug-likeness (QED) is 0.165. The molecular weight excluding hydrogens is 699 g/mol. The van der Waals surface area contributed by atoms with Crippen LogP contribution in [0.15, 0.2) is 0 Å². The van der Waals surface area contributed by atoms with Gasteiger partial charge in [0.05, 0.1) is 11.9 Å². The van der Waals surface area contributed by atoms with Gasteiger partial charge in [-0.05, 0) is 51.4 Å². The second kappa shape index (κ2) is 21.3. The van der Waals surface area contributed by atoms with Gasteiger partial charge in [-0.2, -0.15) is 0 Å². The van der Waals surface area contributed by atoms with E-state index in [-0.39, 0.29) is 95.8 Å². The molecule has 0 spiro atoms. The summed E-state index contributed by atoms with van der Waals surface area (Å²) in [5.41, 5.74) is -1.67. The van der Waals surface area contributed by atoms with E-state index in [9.17, 15) is 49.2 Å². The topological polar surface area (TPSA) is 289 Å². The summed E-state index contributed by atoms with van der Waals surface area (Å²) in [6.45, 7) is 0. The molecule has 14 nitrogen and oxygen atoms in total. The SMILES string of the molecule is N.N.O=C([O-])C1(C(=O)[O-])CCC1.O=C([O-])CCC(=O)NC1CCCC1.O=C([O-])CCC(=O)NC1CCCC1.[Pt+4]. The Hall–Kier alpha value is -2.57. The van der Waals surface area contributed by atoms with Gasteiger partial charge in [-0.25, -0.2) is 0 Å². The third-order valence-corrected chi connectivity index (χ3v) is 6.54. The molecule has 0 aliphatic heterocycles. The van der Waals surface area contributed by atoms with Crippen LogP contribution in [0.4, 0.5) is 0 Å². The maximum atomic E-state index is 11.1. The van der Waals surface area contributed by atoms with Gasteiger partial charge in [-0.1, -0.05) is 32.1 Å². The molecule has 39 heavy (non-hydrogen) atoms. The van der Waals surface area contributed by atoms with Gasteiger partial charge in [0.1, 0.15) is 0 Å². The van der Waals surface area contributed by atoms with E-state index in [1.807, 2.05) is 0 Å². The van der Waals surface area contributed by atoms with Crippen LogP contribution in [0.25, 0.3) is 0 Å². The van der Waals surface area contributed by atoms with E-state index in [2.05, 4.69) is 10.6 Å². The summed E-state index contributed by atoms with van der Waals surface area (Å²) in [6, 6.07) is 0.545. The first-order valence-corrected chi connectivity index (χ1v) is 12.4. The molecule has 3 aliphatic rings. The second-order valence-electron chi connectivity index (χ2n) is 9.35. The molecular formula is C24H40N4O10Pt. The van der Waals surface area contributed by atoms with Gasteiger partial charge in [0, 0.05) is 42.3 Å². The van der Waals surface area contributed by atoms with E-state index in [0.717, 1.165) is 51.4 Å². The monoisotopic (exact) mass is 739 g/mol. The number of nitrogens with one attached hydrogen (secondary N) is 2. The third-order valence-electron chi connectivity index (χ3n) is 6.54. The minimum absolute atomic E-state index is 0. The minimum atomic E-state index is -1.67. The molecule has 226 valence electrons. The van der Waals surface area contributed by atoms with Crippen LogP contribution in [-0.2, 0) is 49.8 Å². The van der Waals surface area contributed by atoms with Crippen LogP contribution in [-0.4, -0.2) is 47.8 Å². The van der Waals surface area contributed by atoms with E-state index in [1.165, 1.54) is 0 Å². The zero-order valence-electron chi connectivity index (χ0n) is 22.1. The van der Waals surface area contributed by atoms with Gasteiger partial charge < -0.3 is 62.5 Å². The molecule has 3 aliphatic carbocycles. The van der Waals surface area contributed by atoms with E-state index < -0.39 is 29.3 Å². The molecule has 15 heteroatoms. The molecule has 0 aromatic rings. The largest absolute Gasteiger partial charge is 4.00 e. The summed E-state index contributed by atoms with van der Waals surface area (Å²) in [5.74, 6) is -5.70. The Kier molecular flexibility index (Phi) is 22.3. The molecule has 0 radical (unpaired) electrons. The fourth-order valence-corrected chi connectivity index (χ4v) is 4.19. The van der Waals surface area contributed by atoms with Crippen molar-refractivity contribution < 1.29 is 70.3 Å². The fraction of sp³-hybridized carbons (Fsp3) is 0.750. The fourth-order valence-electron chi connectivity index (χ4n) is 4.19. The molecule has 3 rings (SSSR count). The second-order valence-corrected chi connectivity index (χ2v) is 9.35. The molecule has 3 fully saturated rings. The Balaban J connectivity index is -0.000000484. The Morgan fingerprint density at radius 2 is 0.872 bits per heavy atom. The number of carboxylic acid groups (broad SMARTS) is 4. The molecule has 0 saturated heterocycles. The van der Waals surface area contributed by atoms with Gasteiger partial charge in [0.2, 0.25) is 11.8 Å². The van der Waals surface area contributed by atoms with Gasteiger partial charge in [-0.3, -0.25) is 9.59 Å². The number of rotatable bonds is 10. The Labute approximate surface area is 242 Å². The van der Waals surface area contributed by atoms with Gasteiger partial charge >= 0.3 is 21.1 Å².